The summed E-state index contributed by atoms with van der Waals surface area (Å²) in [5, 5.41) is 3.34. The monoisotopic (exact) mass is 254 g/mol. The Hall–Kier alpha value is -0.120. The molecule has 2 rings (SSSR count). The third-order valence-corrected chi connectivity index (χ3v) is 4.51. The Morgan fingerprint density at radius 1 is 1.33 bits per heavy atom. The lowest BCUT2D eigenvalue weighted by molar-refractivity contribution is -0.0385. The van der Waals surface area contributed by atoms with E-state index in [1.165, 1.54) is 58.2 Å². The second-order valence-corrected chi connectivity index (χ2v) is 6.02. The Morgan fingerprint density at radius 3 is 3.00 bits per heavy atom. The van der Waals surface area contributed by atoms with E-state index in [4.69, 9.17) is 4.74 Å². The molecule has 2 aliphatic heterocycles. The minimum absolute atomic E-state index is 0.526. The Bertz CT molecular complexity index is 207. The number of piperidine rings is 1. The Labute approximate surface area is 112 Å². The van der Waals surface area contributed by atoms with Crippen molar-refractivity contribution in [1.82, 2.24) is 10.2 Å². The van der Waals surface area contributed by atoms with Crippen LogP contribution in [-0.2, 0) is 4.74 Å². The fraction of sp³-hybridized carbons (Fsp3) is 1.00. The summed E-state index contributed by atoms with van der Waals surface area (Å²) in [7, 11) is 2.07. The number of ether oxygens (including phenoxy) is 1. The van der Waals surface area contributed by atoms with E-state index >= 15 is 0 Å². The molecule has 3 unspecified atom stereocenters. The van der Waals surface area contributed by atoms with Crippen LogP contribution in [0.2, 0.25) is 0 Å². The Kier molecular flexibility index (Phi) is 5.93. The zero-order valence-electron chi connectivity index (χ0n) is 12.2. The number of nitrogens with zero attached hydrogens (tertiary/aromatic N) is 1. The van der Waals surface area contributed by atoms with Crippen LogP contribution in [-0.4, -0.2) is 50.3 Å². The van der Waals surface area contributed by atoms with Gasteiger partial charge in [-0.05, 0) is 58.2 Å². The number of nitrogens with one attached hydrogen (secondary N) is 1. The standard InChI is InChI=1S/C15H30N2O/c1-3-5-15-10-14(7-9-18-15)17-8-4-6-13(12-17)11-16-2/h13-16H,3-12H2,1-2H3. The zero-order chi connectivity index (χ0) is 12.8. The van der Waals surface area contributed by atoms with Crippen molar-refractivity contribution in [2.75, 3.05) is 33.3 Å². The largest absolute Gasteiger partial charge is 0.378 e. The van der Waals surface area contributed by atoms with Crippen LogP contribution in [0.25, 0.3) is 0 Å². The van der Waals surface area contributed by atoms with Crippen molar-refractivity contribution >= 4 is 0 Å². The molecule has 3 atom stereocenters. The Morgan fingerprint density at radius 2 is 2.22 bits per heavy atom. The highest BCUT2D eigenvalue weighted by Crippen LogP contribution is 2.26. The maximum Gasteiger partial charge on any atom is 0.0590 e. The van der Waals surface area contributed by atoms with Gasteiger partial charge in [-0.2, -0.15) is 0 Å². The van der Waals surface area contributed by atoms with E-state index in [2.05, 4.69) is 24.2 Å². The quantitative estimate of drug-likeness (QED) is 0.814. The van der Waals surface area contributed by atoms with E-state index in [1.807, 2.05) is 0 Å². The van der Waals surface area contributed by atoms with Crippen LogP contribution in [0.1, 0.15) is 45.4 Å². The van der Waals surface area contributed by atoms with Gasteiger partial charge in [-0.1, -0.05) is 13.3 Å². The molecule has 3 nitrogen and oxygen atoms in total. The first-order valence-corrected chi connectivity index (χ1v) is 7.83. The van der Waals surface area contributed by atoms with E-state index in [0.29, 0.717) is 6.10 Å². The van der Waals surface area contributed by atoms with Crippen molar-refractivity contribution in [1.29, 1.82) is 0 Å². The van der Waals surface area contributed by atoms with E-state index < -0.39 is 0 Å². The van der Waals surface area contributed by atoms with E-state index in [1.54, 1.807) is 0 Å². The lowest BCUT2D eigenvalue weighted by Gasteiger charge is -2.42. The van der Waals surface area contributed by atoms with Crippen LogP contribution in [0, 0.1) is 5.92 Å². The second-order valence-electron chi connectivity index (χ2n) is 6.02. The molecule has 0 aromatic carbocycles. The van der Waals surface area contributed by atoms with E-state index in [0.717, 1.165) is 18.6 Å². The van der Waals surface area contributed by atoms with Gasteiger partial charge in [0.1, 0.15) is 0 Å². The summed E-state index contributed by atoms with van der Waals surface area (Å²) < 4.78 is 5.87. The van der Waals surface area contributed by atoms with Gasteiger partial charge in [-0.25, -0.2) is 0 Å². The predicted molar refractivity (Wildman–Crippen MR) is 75.9 cm³/mol. The minimum Gasteiger partial charge on any atom is -0.378 e. The zero-order valence-corrected chi connectivity index (χ0v) is 12.2. The van der Waals surface area contributed by atoms with E-state index in [9.17, 15) is 0 Å². The fourth-order valence-corrected chi connectivity index (χ4v) is 3.60. The summed E-state index contributed by atoms with van der Waals surface area (Å²) in [6.45, 7) is 7.02. The molecule has 18 heavy (non-hydrogen) atoms. The number of hydrogen-bond donors (Lipinski definition) is 1. The third-order valence-electron chi connectivity index (χ3n) is 4.51. The summed E-state index contributed by atoms with van der Waals surface area (Å²) >= 11 is 0. The first kappa shape index (κ1) is 14.3. The minimum atomic E-state index is 0.526. The van der Waals surface area contributed by atoms with E-state index in [-0.39, 0.29) is 0 Å². The van der Waals surface area contributed by atoms with Crippen molar-refractivity contribution in [2.45, 2.75) is 57.6 Å². The molecular weight excluding hydrogens is 224 g/mol. The lowest BCUT2D eigenvalue weighted by Crippen LogP contribution is -2.48. The highest BCUT2D eigenvalue weighted by atomic mass is 16.5. The summed E-state index contributed by atoms with van der Waals surface area (Å²) in [6.07, 6.45) is 8.30. The van der Waals surface area contributed by atoms with Crippen molar-refractivity contribution in [3.8, 4) is 0 Å². The number of likely N-dealkylation sites (tertiary alicyclic amines) is 1. The summed E-state index contributed by atoms with van der Waals surface area (Å²) in [5.41, 5.74) is 0. The second kappa shape index (κ2) is 7.46. The molecule has 0 radical (unpaired) electrons. The van der Waals surface area contributed by atoms with Crippen molar-refractivity contribution in [3.05, 3.63) is 0 Å². The summed E-state index contributed by atoms with van der Waals surface area (Å²) in [6, 6.07) is 0.787. The number of hydrogen-bond acceptors (Lipinski definition) is 3. The molecule has 3 heteroatoms. The topological polar surface area (TPSA) is 24.5 Å². The molecule has 2 heterocycles. The average molecular weight is 254 g/mol. The Balaban J connectivity index is 1.82. The van der Waals surface area contributed by atoms with Crippen LogP contribution >= 0.6 is 0 Å². The smallest absolute Gasteiger partial charge is 0.0590 e. The fourth-order valence-electron chi connectivity index (χ4n) is 3.60. The van der Waals surface area contributed by atoms with Crippen LogP contribution in [0.3, 0.4) is 0 Å². The molecule has 2 saturated heterocycles. The molecule has 0 aromatic heterocycles. The molecule has 0 saturated carbocycles. The van der Waals surface area contributed by atoms with Crippen molar-refractivity contribution in [3.63, 3.8) is 0 Å². The maximum atomic E-state index is 5.87. The van der Waals surface area contributed by atoms with Gasteiger partial charge in [-0.15, -0.1) is 0 Å². The van der Waals surface area contributed by atoms with Gasteiger partial charge in [0.05, 0.1) is 6.10 Å². The van der Waals surface area contributed by atoms with Gasteiger partial charge >= 0.3 is 0 Å². The molecule has 106 valence electrons. The molecule has 0 amide bonds. The van der Waals surface area contributed by atoms with Gasteiger partial charge in [0.15, 0.2) is 0 Å². The van der Waals surface area contributed by atoms with Crippen LogP contribution in [0.15, 0.2) is 0 Å². The normalized spacial score (nSPS) is 34.7. The highest BCUT2D eigenvalue weighted by Gasteiger charge is 2.30. The lowest BCUT2D eigenvalue weighted by atomic mass is 9.92. The third kappa shape index (κ3) is 3.94. The average Bonchev–Trinajstić information content (AvgIpc) is 2.40. The SMILES string of the molecule is CCCC1CC(N2CCCC(CNC)C2)CCO1. The summed E-state index contributed by atoms with van der Waals surface area (Å²) in [4.78, 5) is 2.75. The van der Waals surface area contributed by atoms with Crippen LogP contribution in [0.4, 0.5) is 0 Å². The molecule has 0 aromatic rings. The summed E-state index contributed by atoms with van der Waals surface area (Å²) in [5.74, 6) is 0.858. The van der Waals surface area contributed by atoms with Crippen molar-refractivity contribution in [2.24, 2.45) is 5.92 Å². The van der Waals surface area contributed by atoms with Gasteiger partial charge in [0.2, 0.25) is 0 Å². The van der Waals surface area contributed by atoms with Gasteiger partial charge in [-0.3, -0.25) is 4.90 Å². The first-order valence-electron chi connectivity index (χ1n) is 7.83. The molecule has 0 aliphatic carbocycles. The van der Waals surface area contributed by atoms with Crippen molar-refractivity contribution < 1.29 is 4.74 Å². The van der Waals surface area contributed by atoms with Crippen LogP contribution in [0.5, 0.6) is 0 Å². The highest BCUT2D eigenvalue weighted by molar-refractivity contribution is 4.84. The number of rotatable bonds is 5. The van der Waals surface area contributed by atoms with Gasteiger partial charge in [0, 0.05) is 19.2 Å². The first-order chi connectivity index (χ1) is 8.83. The molecule has 0 bridgehead atoms. The molecule has 2 aliphatic rings. The maximum absolute atomic E-state index is 5.87. The van der Waals surface area contributed by atoms with Crippen LogP contribution < -0.4 is 5.32 Å². The molecule has 0 spiro atoms. The van der Waals surface area contributed by atoms with Gasteiger partial charge in [0.25, 0.3) is 0 Å². The van der Waals surface area contributed by atoms with Gasteiger partial charge < -0.3 is 10.1 Å². The molecular formula is C15H30N2O. The predicted octanol–water partition coefficient (Wildman–Crippen LogP) is 2.27. The molecule has 2 fully saturated rings. The molecule has 1 N–H and O–H groups in total.